The van der Waals surface area contributed by atoms with Crippen molar-refractivity contribution in [3.8, 4) is 5.75 Å². The van der Waals surface area contributed by atoms with Crippen LogP contribution in [-0.4, -0.2) is 24.2 Å². The monoisotopic (exact) mass is 429 g/mol. The molecule has 2 aliphatic carbocycles. The van der Waals surface area contributed by atoms with Gasteiger partial charge in [-0.1, -0.05) is 60.6 Å². The minimum atomic E-state index is -0.742. The van der Waals surface area contributed by atoms with E-state index in [2.05, 4.69) is 39.9 Å². The molecule has 2 saturated carbocycles. The summed E-state index contributed by atoms with van der Waals surface area (Å²) in [5, 5.41) is 2.74. The van der Waals surface area contributed by atoms with Crippen LogP contribution in [0.3, 0.4) is 0 Å². The number of rotatable bonds is 6. The molecule has 5 nitrogen and oxygen atoms in total. The quantitative estimate of drug-likeness (QED) is 0.564. The fourth-order valence-corrected chi connectivity index (χ4v) is 5.42. The van der Waals surface area contributed by atoms with E-state index in [0.29, 0.717) is 17.6 Å². The highest BCUT2D eigenvalue weighted by atomic mass is 16.6. The summed E-state index contributed by atoms with van der Waals surface area (Å²) in [4.78, 5) is 25.6. The van der Waals surface area contributed by atoms with Gasteiger partial charge in [0.2, 0.25) is 0 Å². The summed E-state index contributed by atoms with van der Waals surface area (Å²) in [6.45, 7) is 16.8. The molecule has 0 spiro atoms. The molecule has 0 heterocycles. The zero-order chi connectivity index (χ0) is 23.1. The first kappa shape index (κ1) is 23.6. The molecule has 4 atom stereocenters. The van der Waals surface area contributed by atoms with E-state index < -0.39 is 12.1 Å². The van der Waals surface area contributed by atoms with Crippen molar-refractivity contribution < 1.29 is 19.1 Å². The van der Waals surface area contributed by atoms with E-state index in [1.165, 1.54) is 12.0 Å². The van der Waals surface area contributed by atoms with E-state index in [0.717, 1.165) is 18.4 Å². The molecule has 0 saturated heterocycles. The summed E-state index contributed by atoms with van der Waals surface area (Å²) in [5.74, 6) is 1.01. The Balaban J connectivity index is 1.65. The summed E-state index contributed by atoms with van der Waals surface area (Å²) in [6.07, 6.45) is 2.46. The van der Waals surface area contributed by atoms with E-state index in [9.17, 15) is 9.59 Å². The molecule has 1 amide bonds. The van der Waals surface area contributed by atoms with E-state index in [-0.39, 0.29) is 28.8 Å². The molecule has 172 valence electrons. The van der Waals surface area contributed by atoms with Crippen molar-refractivity contribution in [3.05, 3.63) is 29.3 Å². The fourth-order valence-electron chi connectivity index (χ4n) is 5.42. The highest BCUT2D eigenvalue weighted by Gasteiger charge is 2.63. The smallest absolute Gasteiger partial charge is 0.413 e. The Bertz CT molecular complexity index is 844. The molecule has 0 unspecified atom stereocenters. The molecule has 1 N–H and O–H groups in total. The van der Waals surface area contributed by atoms with Gasteiger partial charge in [-0.2, -0.15) is 0 Å². The van der Waals surface area contributed by atoms with Gasteiger partial charge in [0.15, 0.2) is 0 Å². The molecule has 0 radical (unpaired) electrons. The highest BCUT2D eigenvalue weighted by molar-refractivity contribution is 5.82. The number of amides is 1. The van der Waals surface area contributed by atoms with E-state index in [1.807, 2.05) is 39.0 Å². The van der Waals surface area contributed by atoms with Gasteiger partial charge in [0.25, 0.3) is 0 Å². The number of ether oxygens (including phenoxy) is 2. The lowest BCUT2D eigenvalue weighted by Gasteiger charge is -2.39. The lowest BCUT2D eigenvalue weighted by molar-refractivity contribution is -0.160. The molecule has 5 heteroatoms. The summed E-state index contributed by atoms with van der Waals surface area (Å²) in [6, 6.07) is 5.06. The lowest BCUT2D eigenvalue weighted by atomic mass is 9.70. The average molecular weight is 430 g/mol. The van der Waals surface area contributed by atoms with Crippen LogP contribution in [0.1, 0.15) is 84.8 Å². The fraction of sp³-hybridized carbons (Fsp3) is 0.692. The van der Waals surface area contributed by atoms with Crippen LogP contribution in [0.5, 0.6) is 5.75 Å². The van der Waals surface area contributed by atoms with Crippen molar-refractivity contribution in [2.45, 2.75) is 92.7 Å². The molecule has 0 aromatic heterocycles. The third kappa shape index (κ3) is 4.33. The number of benzene rings is 1. The van der Waals surface area contributed by atoms with Gasteiger partial charge in [-0.15, -0.1) is 0 Å². The van der Waals surface area contributed by atoms with E-state index in [4.69, 9.17) is 9.47 Å². The maximum absolute atomic E-state index is 13.1. The minimum Gasteiger partial charge on any atom is -0.460 e. The van der Waals surface area contributed by atoms with Crippen molar-refractivity contribution in [2.75, 3.05) is 0 Å². The number of hydrogen-bond donors (Lipinski definition) is 1. The third-order valence-electron chi connectivity index (χ3n) is 8.23. The van der Waals surface area contributed by atoms with Gasteiger partial charge in [0.1, 0.15) is 17.9 Å². The average Bonchev–Trinajstić information content (AvgIpc) is 3.00. The number of carbonyl (C=O) groups is 2. The largest absolute Gasteiger partial charge is 0.460 e. The van der Waals surface area contributed by atoms with Crippen LogP contribution >= 0.6 is 0 Å². The normalized spacial score (nSPS) is 27.4. The van der Waals surface area contributed by atoms with Gasteiger partial charge in [-0.25, -0.2) is 9.59 Å². The summed E-state index contributed by atoms with van der Waals surface area (Å²) in [7, 11) is 0. The Hall–Kier alpha value is -2.04. The standard InChI is InChI=1S/C26H39NO4/c1-15(2)18-9-10-20(17(5)13-18)30-24(29)27-22(16(3)4)23(28)31-21-14-19-11-12-26(21,8)25(19,6)7/h9-10,13,15-16,19,21-22H,11-12,14H2,1-8H3,(H,27,29)/t19-,21+,22-,26-/m0/s1. The van der Waals surface area contributed by atoms with Crippen molar-refractivity contribution in [1.82, 2.24) is 5.32 Å². The van der Waals surface area contributed by atoms with Crippen LogP contribution in [-0.2, 0) is 9.53 Å². The molecular weight excluding hydrogens is 390 g/mol. The van der Waals surface area contributed by atoms with Gasteiger partial charge in [-0.3, -0.25) is 0 Å². The second-order valence-electron chi connectivity index (χ2n) is 11.0. The zero-order valence-electron chi connectivity index (χ0n) is 20.4. The summed E-state index contributed by atoms with van der Waals surface area (Å²) < 4.78 is 11.5. The van der Waals surface area contributed by atoms with Crippen molar-refractivity contribution in [3.63, 3.8) is 0 Å². The topological polar surface area (TPSA) is 64.6 Å². The van der Waals surface area contributed by atoms with Gasteiger partial charge in [0, 0.05) is 5.41 Å². The number of fused-ring (bicyclic) bond motifs is 2. The van der Waals surface area contributed by atoms with Crippen LogP contribution in [0.15, 0.2) is 18.2 Å². The first-order valence-corrected chi connectivity index (χ1v) is 11.7. The lowest BCUT2D eigenvalue weighted by Crippen LogP contribution is -2.49. The second-order valence-corrected chi connectivity index (χ2v) is 11.0. The molecule has 0 aliphatic heterocycles. The van der Waals surface area contributed by atoms with Gasteiger partial charge in [-0.05, 0) is 66.5 Å². The van der Waals surface area contributed by atoms with Crippen LogP contribution < -0.4 is 10.1 Å². The van der Waals surface area contributed by atoms with Gasteiger partial charge >= 0.3 is 12.1 Å². The van der Waals surface area contributed by atoms with Crippen LogP contribution in [0.4, 0.5) is 4.79 Å². The number of aryl methyl sites for hydroxylation is 1. The first-order valence-electron chi connectivity index (χ1n) is 11.7. The molecule has 2 bridgehead atoms. The maximum atomic E-state index is 13.1. The van der Waals surface area contributed by atoms with Crippen molar-refractivity contribution in [1.29, 1.82) is 0 Å². The molecular formula is C26H39NO4. The van der Waals surface area contributed by atoms with Crippen LogP contribution in [0, 0.1) is 29.6 Å². The molecule has 2 fully saturated rings. The zero-order valence-corrected chi connectivity index (χ0v) is 20.4. The predicted octanol–water partition coefficient (Wildman–Crippen LogP) is 5.99. The Morgan fingerprint density at radius 2 is 1.81 bits per heavy atom. The summed E-state index contributed by atoms with van der Waals surface area (Å²) in [5.41, 5.74) is 2.24. The number of hydrogen-bond acceptors (Lipinski definition) is 4. The van der Waals surface area contributed by atoms with Crippen LogP contribution in [0.25, 0.3) is 0 Å². The minimum absolute atomic E-state index is 0.00929. The Labute approximate surface area is 187 Å². The van der Waals surface area contributed by atoms with E-state index >= 15 is 0 Å². The van der Waals surface area contributed by atoms with Crippen molar-refractivity contribution >= 4 is 12.1 Å². The Morgan fingerprint density at radius 3 is 2.29 bits per heavy atom. The molecule has 1 aromatic carbocycles. The molecule has 1 aromatic rings. The predicted molar refractivity (Wildman–Crippen MR) is 122 cm³/mol. The van der Waals surface area contributed by atoms with Gasteiger partial charge < -0.3 is 14.8 Å². The number of carbonyl (C=O) groups excluding carboxylic acids is 2. The number of nitrogens with one attached hydrogen (secondary N) is 1. The van der Waals surface area contributed by atoms with Crippen LogP contribution in [0.2, 0.25) is 0 Å². The SMILES string of the molecule is Cc1cc(C(C)C)ccc1OC(=O)N[C@H](C(=O)O[C@@H]1C[C@@H]2CC[C@]1(C)C2(C)C)C(C)C. The van der Waals surface area contributed by atoms with E-state index in [1.54, 1.807) is 0 Å². The maximum Gasteiger partial charge on any atom is 0.413 e. The van der Waals surface area contributed by atoms with Crippen molar-refractivity contribution in [2.24, 2.45) is 22.7 Å². The molecule has 2 aliphatic rings. The first-order chi connectivity index (χ1) is 14.4. The highest BCUT2D eigenvalue weighted by Crippen LogP contribution is 2.66. The number of esters is 1. The Kier molecular flexibility index (Phi) is 6.46. The summed E-state index contributed by atoms with van der Waals surface area (Å²) >= 11 is 0. The Morgan fingerprint density at radius 1 is 1.13 bits per heavy atom. The second kappa shape index (κ2) is 8.48. The molecule has 3 rings (SSSR count). The molecule has 31 heavy (non-hydrogen) atoms. The van der Waals surface area contributed by atoms with Gasteiger partial charge in [0.05, 0.1) is 0 Å². The third-order valence-corrected chi connectivity index (χ3v) is 8.23.